The molecule has 0 heterocycles. The lowest BCUT2D eigenvalue weighted by Crippen LogP contribution is -2.25. The lowest BCUT2D eigenvalue weighted by atomic mass is 9.71. The Hall–Kier alpha value is -0.530. The fourth-order valence-electron chi connectivity index (χ4n) is 2.92. The Morgan fingerprint density at radius 2 is 1.79 bits per heavy atom. The zero-order valence-electron chi connectivity index (χ0n) is 9.49. The van der Waals surface area contributed by atoms with E-state index in [-0.39, 0.29) is 0 Å². The van der Waals surface area contributed by atoms with Crippen LogP contribution < -0.4 is 0 Å². The van der Waals surface area contributed by atoms with Crippen molar-refractivity contribution in [2.45, 2.75) is 46.5 Å². The highest BCUT2D eigenvalue weighted by Crippen LogP contribution is 2.37. The summed E-state index contributed by atoms with van der Waals surface area (Å²) in [6.07, 6.45) is 4.10. The minimum absolute atomic E-state index is 0.337. The highest BCUT2D eigenvalue weighted by molar-refractivity contribution is 5.66. The molecule has 14 heavy (non-hydrogen) atoms. The van der Waals surface area contributed by atoms with E-state index >= 15 is 0 Å². The Kier molecular flexibility index (Phi) is 3.97. The van der Waals surface area contributed by atoms with Crippen molar-refractivity contribution in [1.29, 1.82) is 0 Å². The maximum Gasteiger partial charge on any atom is 0.303 e. The largest absolute Gasteiger partial charge is 0.481 e. The van der Waals surface area contributed by atoms with Crippen LogP contribution in [0.5, 0.6) is 0 Å². The molecule has 0 aromatic heterocycles. The van der Waals surface area contributed by atoms with Crippen molar-refractivity contribution in [3.8, 4) is 0 Å². The molecule has 0 spiro atoms. The topological polar surface area (TPSA) is 37.3 Å². The number of hydrogen-bond acceptors (Lipinski definition) is 1. The van der Waals surface area contributed by atoms with Crippen LogP contribution in [0.3, 0.4) is 0 Å². The number of aliphatic carboxylic acids is 1. The number of rotatable bonds is 3. The Labute approximate surface area is 86.7 Å². The lowest BCUT2D eigenvalue weighted by Gasteiger charge is -2.34. The smallest absolute Gasteiger partial charge is 0.303 e. The second kappa shape index (κ2) is 4.81. The summed E-state index contributed by atoms with van der Waals surface area (Å²) in [6, 6.07) is 0. The first-order valence-electron chi connectivity index (χ1n) is 5.70. The van der Waals surface area contributed by atoms with Gasteiger partial charge in [-0.1, -0.05) is 20.8 Å². The molecule has 3 atom stereocenters. The Morgan fingerprint density at radius 1 is 1.29 bits per heavy atom. The van der Waals surface area contributed by atoms with Gasteiger partial charge < -0.3 is 5.11 Å². The molecular formula is C12H22O2. The van der Waals surface area contributed by atoms with E-state index in [4.69, 9.17) is 5.11 Å². The first-order valence-corrected chi connectivity index (χ1v) is 5.70. The van der Waals surface area contributed by atoms with E-state index in [2.05, 4.69) is 20.8 Å². The molecule has 0 amide bonds. The van der Waals surface area contributed by atoms with Gasteiger partial charge in [-0.05, 0) is 42.9 Å². The molecule has 1 fully saturated rings. The Bertz CT molecular complexity index is 190. The van der Waals surface area contributed by atoms with E-state index < -0.39 is 5.97 Å². The summed E-state index contributed by atoms with van der Waals surface area (Å²) >= 11 is 0. The molecule has 82 valence electrons. The minimum atomic E-state index is -0.650. The van der Waals surface area contributed by atoms with Crippen molar-refractivity contribution in [2.24, 2.45) is 23.7 Å². The Balaban J connectivity index is 2.46. The molecule has 1 aliphatic carbocycles. The first-order chi connectivity index (χ1) is 6.49. The third-order valence-electron chi connectivity index (χ3n) is 3.52. The van der Waals surface area contributed by atoms with Crippen LogP contribution in [0.2, 0.25) is 0 Å². The van der Waals surface area contributed by atoms with E-state index in [9.17, 15) is 4.79 Å². The van der Waals surface area contributed by atoms with Gasteiger partial charge in [-0.3, -0.25) is 4.79 Å². The molecule has 0 saturated heterocycles. The highest BCUT2D eigenvalue weighted by Gasteiger charge is 2.28. The summed E-state index contributed by atoms with van der Waals surface area (Å²) in [5.74, 6) is 1.88. The predicted molar refractivity (Wildman–Crippen MR) is 57.1 cm³/mol. The summed E-state index contributed by atoms with van der Waals surface area (Å²) in [4.78, 5) is 10.6. The van der Waals surface area contributed by atoms with Crippen molar-refractivity contribution >= 4 is 5.97 Å². The van der Waals surface area contributed by atoms with Gasteiger partial charge in [-0.15, -0.1) is 0 Å². The van der Waals surface area contributed by atoms with Crippen molar-refractivity contribution in [2.75, 3.05) is 0 Å². The van der Waals surface area contributed by atoms with Crippen LogP contribution in [0.1, 0.15) is 46.5 Å². The van der Waals surface area contributed by atoms with Crippen LogP contribution in [0.15, 0.2) is 0 Å². The van der Waals surface area contributed by atoms with E-state index in [0.717, 1.165) is 11.8 Å². The van der Waals surface area contributed by atoms with Crippen molar-refractivity contribution < 1.29 is 9.90 Å². The maximum absolute atomic E-state index is 10.6. The average molecular weight is 198 g/mol. The zero-order chi connectivity index (χ0) is 10.7. The van der Waals surface area contributed by atoms with E-state index in [1.54, 1.807) is 0 Å². The molecule has 2 nitrogen and oxygen atoms in total. The fraction of sp³-hybridized carbons (Fsp3) is 0.917. The molecule has 1 N–H and O–H groups in total. The molecular weight excluding hydrogens is 176 g/mol. The van der Waals surface area contributed by atoms with Crippen LogP contribution in [0.4, 0.5) is 0 Å². The maximum atomic E-state index is 10.6. The predicted octanol–water partition coefficient (Wildman–Crippen LogP) is 3.17. The van der Waals surface area contributed by atoms with Gasteiger partial charge in [0.25, 0.3) is 0 Å². The van der Waals surface area contributed by atoms with Gasteiger partial charge in [0.15, 0.2) is 0 Å². The van der Waals surface area contributed by atoms with E-state index in [1.807, 2.05) is 0 Å². The van der Waals surface area contributed by atoms with Gasteiger partial charge in [-0.2, -0.15) is 0 Å². The van der Waals surface area contributed by atoms with Crippen LogP contribution in [0, 0.1) is 23.7 Å². The lowest BCUT2D eigenvalue weighted by molar-refractivity contribution is -0.138. The number of carboxylic acids is 1. The van der Waals surface area contributed by atoms with Gasteiger partial charge in [0.2, 0.25) is 0 Å². The van der Waals surface area contributed by atoms with Crippen LogP contribution in [-0.4, -0.2) is 11.1 Å². The SMILES string of the molecule is CC1CC(C)CC(C(C)CC(=O)O)C1. The van der Waals surface area contributed by atoms with Gasteiger partial charge in [0, 0.05) is 6.42 Å². The molecule has 0 radical (unpaired) electrons. The third-order valence-corrected chi connectivity index (χ3v) is 3.52. The second-order valence-electron chi connectivity index (χ2n) is 5.25. The molecule has 0 aliphatic heterocycles. The third kappa shape index (κ3) is 3.32. The van der Waals surface area contributed by atoms with Crippen LogP contribution >= 0.6 is 0 Å². The summed E-state index contributed by atoms with van der Waals surface area (Å²) < 4.78 is 0. The standard InChI is InChI=1S/C12H22O2/c1-8-4-9(2)6-11(5-8)10(3)7-12(13)14/h8-11H,4-7H2,1-3H3,(H,13,14). The molecule has 2 heteroatoms. The van der Waals surface area contributed by atoms with Crippen LogP contribution in [0.25, 0.3) is 0 Å². The zero-order valence-corrected chi connectivity index (χ0v) is 9.49. The van der Waals surface area contributed by atoms with Gasteiger partial charge in [0.1, 0.15) is 0 Å². The van der Waals surface area contributed by atoms with Gasteiger partial charge in [-0.25, -0.2) is 0 Å². The Morgan fingerprint density at radius 3 is 2.21 bits per heavy atom. The normalized spacial score (nSPS) is 35.2. The first kappa shape index (κ1) is 11.5. The molecule has 1 saturated carbocycles. The summed E-state index contributed by atoms with van der Waals surface area (Å²) in [5.41, 5.74) is 0. The highest BCUT2D eigenvalue weighted by atomic mass is 16.4. The number of carboxylic acid groups (broad SMARTS) is 1. The average Bonchev–Trinajstić information content (AvgIpc) is 2.00. The minimum Gasteiger partial charge on any atom is -0.481 e. The fourth-order valence-corrected chi connectivity index (χ4v) is 2.92. The summed E-state index contributed by atoms with van der Waals surface area (Å²) in [6.45, 7) is 6.66. The van der Waals surface area contributed by atoms with E-state index in [0.29, 0.717) is 18.3 Å². The van der Waals surface area contributed by atoms with Gasteiger partial charge in [0.05, 0.1) is 0 Å². The summed E-state index contributed by atoms with van der Waals surface area (Å²) in [7, 11) is 0. The van der Waals surface area contributed by atoms with Crippen molar-refractivity contribution in [3.63, 3.8) is 0 Å². The molecule has 0 aromatic carbocycles. The number of carbonyl (C=O) groups is 1. The van der Waals surface area contributed by atoms with Crippen molar-refractivity contribution in [1.82, 2.24) is 0 Å². The molecule has 0 bridgehead atoms. The van der Waals surface area contributed by atoms with Crippen molar-refractivity contribution in [3.05, 3.63) is 0 Å². The molecule has 1 aliphatic rings. The molecule has 1 rings (SSSR count). The second-order valence-corrected chi connectivity index (χ2v) is 5.25. The number of hydrogen-bond donors (Lipinski definition) is 1. The molecule has 3 unspecified atom stereocenters. The quantitative estimate of drug-likeness (QED) is 0.756. The molecule has 0 aromatic rings. The van der Waals surface area contributed by atoms with E-state index in [1.165, 1.54) is 19.3 Å². The summed E-state index contributed by atoms with van der Waals surface area (Å²) in [5, 5.41) is 8.75. The van der Waals surface area contributed by atoms with Crippen LogP contribution in [-0.2, 0) is 4.79 Å². The van der Waals surface area contributed by atoms with Gasteiger partial charge >= 0.3 is 5.97 Å². The monoisotopic (exact) mass is 198 g/mol.